The first kappa shape index (κ1) is 27.4. The van der Waals surface area contributed by atoms with Gasteiger partial charge in [0.25, 0.3) is 0 Å². The molecule has 6 rings (SSSR count). The number of benzene rings is 2. The summed E-state index contributed by atoms with van der Waals surface area (Å²) >= 11 is 3.03. The summed E-state index contributed by atoms with van der Waals surface area (Å²) in [6.07, 6.45) is -4.80. The molecule has 1 N–H and O–H groups in total. The minimum atomic E-state index is -4.80. The molecule has 2 aromatic carbocycles. The van der Waals surface area contributed by atoms with E-state index in [4.69, 9.17) is 0 Å². The highest BCUT2D eigenvalue weighted by molar-refractivity contribution is 8.00. The molecule has 0 aliphatic carbocycles. The number of amides is 3. The largest absolute Gasteiger partial charge is 0.418 e. The fourth-order valence-electron chi connectivity index (χ4n) is 5.05. The van der Waals surface area contributed by atoms with E-state index in [0.717, 1.165) is 35.2 Å². The number of carbonyl (C=O) groups is 3. The second kappa shape index (κ2) is 10.3. The average Bonchev–Trinajstić information content (AvgIpc) is 3.62. The zero-order valence-corrected chi connectivity index (χ0v) is 23.0. The van der Waals surface area contributed by atoms with Crippen LogP contribution in [-0.2, 0) is 27.1 Å². The maximum Gasteiger partial charge on any atom is 0.418 e. The third-order valence-electron chi connectivity index (χ3n) is 6.78. The summed E-state index contributed by atoms with van der Waals surface area (Å²) in [4.78, 5) is 54.7. The van der Waals surface area contributed by atoms with Crippen LogP contribution < -0.4 is 15.1 Å². The number of nitrogens with zero attached hydrogens (tertiary/aromatic N) is 2. The van der Waals surface area contributed by atoms with Crippen LogP contribution in [0.3, 0.4) is 0 Å². The molecule has 1 fully saturated rings. The second-order valence-electron chi connectivity index (χ2n) is 9.26. The molecule has 3 atom stereocenters. The Balaban J connectivity index is 1.40. The van der Waals surface area contributed by atoms with Gasteiger partial charge < -0.3 is 5.32 Å². The highest BCUT2D eigenvalue weighted by Gasteiger charge is 2.58. The molecule has 0 saturated carbocycles. The lowest BCUT2D eigenvalue weighted by atomic mass is 9.87. The third kappa shape index (κ3) is 4.79. The number of alkyl halides is 3. The van der Waals surface area contributed by atoms with Gasteiger partial charge in [-0.1, -0.05) is 41.3 Å². The van der Waals surface area contributed by atoms with Crippen molar-refractivity contribution in [2.75, 3.05) is 10.2 Å². The highest BCUT2D eigenvalue weighted by Crippen LogP contribution is 2.55. The average molecular weight is 620 g/mol. The van der Waals surface area contributed by atoms with Crippen LogP contribution in [0.4, 0.5) is 28.9 Å². The predicted octanol–water partition coefficient (Wildman–Crippen LogP) is 5.56. The minimum Gasteiger partial charge on any atom is -0.325 e. The van der Waals surface area contributed by atoms with E-state index in [9.17, 15) is 36.7 Å². The Kier molecular flexibility index (Phi) is 6.86. The van der Waals surface area contributed by atoms with Crippen molar-refractivity contribution in [2.45, 2.75) is 28.9 Å². The number of carbonyl (C=O) groups excluding carboxylic acids is 3. The van der Waals surface area contributed by atoms with Gasteiger partial charge in [-0.2, -0.15) is 13.2 Å². The van der Waals surface area contributed by atoms with Crippen LogP contribution in [0.2, 0.25) is 0 Å². The molecule has 1 saturated heterocycles. The number of nitrogens with one attached hydrogen (secondary N) is 1. The number of imide groups is 1. The number of aromatic nitrogens is 1. The van der Waals surface area contributed by atoms with Gasteiger partial charge in [0.2, 0.25) is 17.7 Å². The number of hydrogen-bond acceptors (Lipinski definition) is 7. The lowest BCUT2D eigenvalue weighted by Crippen LogP contribution is -2.33. The van der Waals surface area contributed by atoms with E-state index in [0.29, 0.717) is 25.4 Å². The van der Waals surface area contributed by atoms with Gasteiger partial charge in [-0.15, -0.1) is 11.3 Å². The molecule has 0 bridgehead atoms. The molecular formula is C27H17F4N3O4S3. The first-order chi connectivity index (χ1) is 19.5. The van der Waals surface area contributed by atoms with Crippen molar-refractivity contribution in [3.8, 4) is 0 Å². The maximum absolute atomic E-state index is 13.8. The van der Waals surface area contributed by atoms with Crippen molar-refractivity contribution in [1.29, 1.82) is 0 Å². The summed E-state index contributed by atoms with van der Waals surface area (Å²) in [6, 6.07) is 13.0. The SMILES string of the molecule is O=C(Cn1c2c(sc1=O)[C@@H](c1cccs1)[C@@H]1C(=O)N(c3ccccc3C(F)(F)F)C(=O)[C@@H]1S2)Nc1ccc(F)cc1. The zero-order chi connectivity index (χ0) is 29.1. The van der Waals surface area contributed by atoms with E-state index in [1.807, 2.05) is 0 Å². The number of hydrogen-bond donors (Lipinski definition) is 1. The number of thiophene rings is 1. The van der Waals surface area contributed by atoms with Crippen LogP contribution in [-0.4, -0.2) is 27.5 Å². The van der Waals surface area contributed by atoms with E-state index in [-0.39, 0.29) is 0 Å². The summed E-state index contributed by atoms with van der Waals surface area (Å²) in [6.45, 7) is -0.424. The van der Waals surface area contributed by atoms with Crippen molar-refractivity contribution in [3.63, 3.8) is 0 Å². The zero-order valence-electron chi connectivity index (χ0n) is 20.6. The molecular weight excluding hydrogens is 603 g/mol. The predicted molar refractivity (Wildman–Crippen MR) is 147 cm³/mol. The molecule has 3 amide bonds. The quantitative estimate of drug-likeness (QED) is 0.233. The van der Waals surface area contributed by atoms with E-state index < -0.39 is 69.5 Å². The molecule has 41 heavy (non-hydrogen) atoms. The molecule has 4 aromatic rings. The fraction of sp³-hybridized carbons (Fsp3) is 0.185. The first-order valence-corrected chi connectivity index (χ1v) is 14.6. The normalized spacial score (nSPS) is 20.2. The summed E-state index contributed by atoms with van der Waals surface area (Å²) < 4.78 is 56.0. The number of fused-ring (bicyclic) bond motifs is 2. The summed E-state index contributed by atoms with van der Waals surface area (Å²) in [5.74, 6) is -4.50. The molecule has 7 nitrogen and oxygen atoms in total. The Morgan fingerprint density at radius 2 is 1.68 bits per heavy atom. The smallest absolute Gasteiger partial charge is 0.325 e. The summed E-state index contributed by atoms with van der Waals surface area (Å²) in [5.41, 5.74) is -1.34. The molecule has 2 aliphatic heterocycles. The number of halogens is 4. The fourth-order valence-corrected chi connectivity index (χ4v) is 8.77. The standard InChI is InChI=1S/C27H17F4N3O4S3/c28-13-7-9-14(10-8-13)32-18(35)12-33-25-22(41-26(33)38)19(17-6-3-11-39-17)20-21(40-25)24(37)34(23(20)36)16-5-2-1-4-15(16)27(29,30)31/h1-11,19-21H,12H2,(H,32,35)/t19-,20-,21+/m0/s1. The molecule has 0 unspecified atom stereocenters. The van der Waals surface area contributed by atoms with E-state index >= 15 is 0 Å². The van der Waals surface area contributed by atoms with Crippen molar-refractivity contribution in [1.82, 2.24) is 4.57 Å². The Labute approximate surface area is 241 Å². The van der Waals surface area contributed by atoms with Gasteiger partial charge in [-0.05, 0) is 47.8 Å². The Hall–Kier alpha value is -3.75. The molecule has 14 heteroatoms. The number of thiazole rings is 1. The third-order valence-corrected chi connectivity index (χ3v) is 10.3. The lowest BCUT2D eigenvalue weighted by molar-refractivity contribution is -0.137. The van der Waals surface area contributed by atoms with Gasteiger partial charge in [-0.25, -0.2) is 9.29 Å². The summed E-state index contributed by atoms with van der Waals surface area (Å²) in [5, 5.41) is 3.54. The minimum absolute atomic E-state index is 0.306. The molecule has 210 valence electrons. The van der Waals surface area contributed by atoms with Gasteiger partial charge >= 0.3 is 11.0 Å². The van der Waals surface area contributed by atoms with Gasteiger partial charge in [0.1, 0.15) is 17.6 Å². The Morgan fingerprint density at radius 3 is 2.37 bits per heavy atom. The van der Waals surface area contributed by atoms with Crippen molar-refractivity contribution >= 4 is 63.5 Å². The Morgan fingerprint density at radius 1 is 0.951 bits per heavy atom. The highest BCUT2D eigenvalue weighted by atomic mass is 32.2. The van der Waals surface area contributed by atoms with Gasteiger partial charge in [0.15, 0.2) is 0 Å². The topological polar surface area (TPSA) is 88.5 Å². The van der Waals surface area contributed by atoms with Crippen LogP contribution in [0.15, 0.2) is 75.9 Å². The molecule has 0 spiro atoms. The number of rotatable bonds is 5. The van der Waals surface area contributed by atoms with Gasteiger partial charge in [0.05, 0.1) is 22.2 Å². The van der Waals surface area contributed by atoms with E-state index in [1.54, 1.807) is 17.5 Å². The first-order valence-electron chi connectivity index (χ1n) is 12.1. The molecule has 4 heterocycles. The maximum atomic E-state index is 13.8. The van der Waals surface area contributed by atoms with Gasteiger partial charge in [-0.3, -0.25) is 23.7 Å². The molecule has 2 aliphatic rings. The molecule has 2 aromatic heterocycles. The molecule has 0 radical (unpaired) electrons. The van der Waals surface area contributed by atoms with Gasteiger partial charge in [0, 0.05) is 21.4 Å². The number of anilines is 2. The van der Waals surface area contributed by atoms with Crippen molar-refractivity contribution < 1.29 is 31.9 Å². The van der Waals surface area contributed by atoms with Crippen LogP contribution in [0.1, 0.15) is 21.2 Å². The summed E-state index contributed by atoms with van der Waals surface area (Å²) in [7, 11) is 0. The van der Waals surface area contributed by atoms with Crippen LogP contribution in [0.25, 0.3) is 0 Å². The van der Waals surface area contributed by atoms with Crippen LogP contribution in [0.5, 0.6) is 0 Å². The van der Waals surface area contributed by atoms with E-state index in [1.165, 1.54) is 52.3 Å². The Bertz CT molecular complexity index is 1730. The van der Waals surface area contributed by atoms with Crippen molar-refractivity contribution in [2.24, 2.45) is 5.92 Å². The lowest BCUT2D eigenvalue weighted by Gasteiger charge is -2.29. The van der Waals surface area contributed by atoms with Crippen molar-refractivity contribution in [3.05, 3.63) is 96.8 Å². The second-order valence-corrected chi connectivity index (χ2v) is 12.4. The van der Waals surface area contributed by atoms with Crippen LogP contribution >= 0.6 is 34.4 Å². The number of thioether (sulfide) groups is 1. The number of para-hydroxylation sites is 1. The van der Waals surface area contributed by atoms with Crippen LogP contribution in [0, 0.1) is 11.7 Å². The van der Waals surface area contributed by atoms with E-state index in [2.05, 4.69) is 5.32 Å². The monoisotopic (exact) mass is 619 g/mol.